The third-order valence-corrected chi connectivity index (χ3v) is 2.70. The van der Waals surface area contributed by atoms with Crippen molar-refractivity contribution in [1.82, 2.24) is 4.98 Å². The van der Waals surface area contributed by atoms with E-state index in [1.807, 2.05) is 0 Å². The summed E-state index contributed by atoms with van der Waals surface area (Å²) in [4.78, 5) is 15.7. The number of nitrogens with two attached hydrogens (primary N) is 1. The number of hydrogen-bond acceptors (Lipinski definition) is 5. The smallest absolute Gasteiger partial charge is 0.340 e. The number of rotatable bonds is 7. The minimum Gasteiger partial charge on any atom is -0.477 e. The second-order valence-corrected chi connectivity index (χ2v) is 4.54. The SMILES string of the molecule is CCCC(C)COc1cc(C(=O)OCC)c(N)cn1. The molecule has 2 N–H and O–H groups in total. The molecule has 1 unspecified atom stereocenters. The molecule has 1 rings (SSSR count). The Morgan fingerprint density at radius 2 is 2.21 bits per heavy atom. The van der Waals surface area contributed by atoms with Crippen LogP contribution in [-0.2, 0) is 4.74 Å². The summed E-state index contributed by atoms with van der Waals surface area (Å²) >= 11 is 0. The number of aromatic nitrogens is 1. The second-order valence-electron chi connectivity index (χ2n) is 4.54. The highest BCUT2D eigenvalue weighted by Crippen LogP contribution is 2.18. The Hall–Kier alpha value is -1.78. The minimum absolute atomic E-state index is 0.299. The molecular formula is C14H22N2O3. The van der Waals surface area contributed by atoms with E-state index in [0.717, 1.165) is 12.8 Å². The fourth-order valence-electron chi connectivity index (χ4n) is 1.72. The standard InChI is InChI=1S/C14H22N2O3/c1-4-6-10(3)9-19-13-7-11(12(15)8-16-13)14(17)18-5-2/h7-8,10H,4-6,9,15H2,1-3H3. The van der Waals surface area contributed by atoms with Crippen LogP contribution < -0.4 is 10.5 Å². The van der Waals surface area contributed by atoms with Gasteiger partial charge in [0.25, 0.3) is 0 Å². The van der Waals surface area contributed by atoms with Gasteiger partial charge in [0, 0.05) is 6.07 Å². The highest BCUT2D eigenvalue weighted by molar-refractivity contribution is 5.95. The van der Waals surface area contributed by atoms with Gasteiger partial charge in [-0.3, -0.25) is 0 Å². The number of ether oxygens (including phenoxy) is 2. The van der Waals surface area contributed by atoms with Gasteiger partial charge in [-0.1, -0.05) is 20.3 Å². The van der Waals surface area contributed by atoms with E-state index in [9.17, 15) is 4.79 Å². The number of esters is 1. The van der Waals surface area contributed by atoms with Crippen molar-refractivity contribution in [2.45, 2.75) is 33.6 Å². The number of pyridine rings is 1. The number of nitrogens with zero attached hydrogens (tertiary/aromatic N) is 1. The van der Waals surface area contributed by atoms with Gasteiger partial charge in [-0.05, 0) is 19.3 Å². The third-order valence-electron chi connectivity index (χ3n) is 2.70. The molecule has 1 atom stereocenters. The highest BCUT2D eigenvalue weighted by atomic mass is 16.5. The number of nitrogen functional groups attached to an aromatic ring is 1. The zero-order valence-corrected chi connectivity index (χ0v) is 11.8. The molecule has 0 amide bonds. The first-order valence-corrected chi connectivity index (χ1v) is 6.63. The molecule has 0 fully saturated rings. The summed E-state index contributed by atoms with van der Waals surface area (Å²) in [6.45, 7) is 6.89. The normalized spacial score (nSPS) is 11.9. The largest absolute Gasteiger partial charge is 0.477 e. The van der Waals surface area contributed by atoms with E-state index < -0.39 is 5.97 Å². The van der Waals surface area contributed by atoms with E-state index in [-0.39, 0.29) is 0 Å². The molecule has 0 saturated heterocycles. The molecule has 5 nitrogen and oxygen atoms in total. The summed E-state index contributed by atoms with van der Waals surface area (Å²) in [7, 11) is 0. The second kappa shape index (κ2) is 7.61. The predicted octanol–water partition coefficient (Wildman–Crippen LogP) is 2.66. The van der Waals surface area contributed by atoms with Crippen molar-refractivity contribution in [2.75, 3.05) is 18.9 Å². The monoisotopic (exact) mass is 266 g/mol. The number of anilines is 1. The van der Waals surface area contributed by atoms with E-state index in [1.165, 1.54) is 12.3 Å². The van der Waals surface area contributed by atoms with Crippen molar-refractivity contribution >= 4 is 11.7 Å². The summed E-state index contributed by atoms with van der Waals surface area (Å²) in [6, 6.07) is 1.53. The van der Waals surface area contributed by atoms with Crippen LogP contribution >= 0.6 is 0 Å². The molecular weight excluding hydrogens is 244 g/mol. The minimum atomic E-state index is -0.450. The van der Waals surface area contributed by atoms with Gasteiger partial charge < -0.3 is 15.2 Å². The first-order chi connectivity index (χ1) is 9.08. The maximum absolute atomic E-state index is 11.7. The molecule has 0 radical (unpaired) electrons. The van der Waals surface area contributed by atoms with Crippen LogP contribution in [0.5, 0.6) is 5.88 Å². The van der Waals surface area contributed by atoms with E-state index in [2.05, 4.69) is 18.8 Å². The molecule has 0 aromatic carbocycles. The maximum Gasteiger partial charge on any atom is 0.340 e. The van der Waals surface area contributed by atoms with Gasteiger partial charge in [0.15, 0.2) is 0 Å². The molecule has 19 heavy (non-hydrogen) atoms. The molecule has 5 heteroatoms. The van der Waals surface area contributed by atoms with Crippen molar-refractivity contribution < 1.29 is 14.3 Å². The Bertz CT molecular complexity index is 421. The Morgan fingerprint density at radius 3 is 2.84 bits per heavy atom. The summed E-state index contributed by atoms with van der Waals surface area (Å²) in [5.74, 6) is 0.407. The van der Waals surface area contributed by atoms with Gasteiger partial charge in [0.05, 0.1) is 30.7 Å². The van der Waals surface area contributed by atoms with Crippen molar-refractivity contribution in [3.05, 3.63) is 17.8 Å². The quantitative estimate of drug-likeness (QED) is 0.768. The zero-order valence-electron chi connectivity index (χ0n) is 11.8. The third kappa shape index (κ3) is 4.77. The van der Waals surface area contributed by atoms with Gasteiger partial charge in [-0.15, -0.1) is 0 Å². The van der Waals surface area contributed by atoms with E-state index in [4.69, 9.17) is 15.2 Å². The summed E-state index contributed by atoms with van der Waals surface area (Å²) in [6.07, 6.45) is 3.64. The molecule has 0 saturated carbocycles. The van der Waals surface area contributed by atoms with Gasteiger partial charge >= 0.3 is 5.97 Å². The van der Waals surface area contributed by atoms with Crippen molar-refractivity contribution in [3.8, 4) is 5.88 Å². The molecule has 1 aromatic heterocycles. The molecule has 0 bridgehead atoms. The fraction of sp³-hybridized carbons (Fsp3) is 0.571. The Labute approximate surface area is 114 Å². The molecule has 0 aliphatic carbocycles. The van der Waals surface area contributed by atoms with Crippen molar-refractivity contribution in [2.24, 2.45) is 5.92 Å². The van der Waals surface area contributed by atoms with Crippen molar-refractivity contribution in [1.29, 1.82) is 0 Å². The van der Waals surface area contributed by atoms with Crippen molar-refractivity contribution in [3.63, 3.8) is 0 Å². The van der Waals surface area contributed by atoms with Crippen LogP contribution in [0.15, 0.2) is 12.3 Å². The lowest BCUT2D eigenvalue weighted by molar-refractivity contribution is 0.0527. The molecule has 0 aliphatic heterocycles. The van der Waals surface area contributed by atoms with Gasteiger partial charge in [-0.2, -0.15) is 0 Å². The maximum atomic E-state index is 11.7. The van der Waals surface area contributed by atoms with Crippen LogP contribution in [0.4, 0.5) is 5.69 Å². The van der Waals surface area contributed by atoms with E-state index in [1.54, 1.807) is 6.92 Å². The van der Waals surface area contributed by atoms with Crippen LogP contribution in [-0.4, -0.2) is 24.2 Å². The topological polar surface area (TPSA) is 74.4 Å². The number of hydrogen-bond donors (Lipinski definition) is 1. The van der Waals surface area contributed by atoms with Gasteiger partial charge in [0.1, 0.15) is 0 Å². The zero-order chi connectivity index (χ0) is 14.3. The Kier molecular flexibility index (Phi) is 6.12. The molecule has 106 valence electrons. The lowest BCUT2D eigenvalue weighted by Gasteiger charge is -2.12. The predicted molar refractivity (Wildman–Crippen MR) is 74.2 cm³/mol. The van der Waals surface area contributed by atoms with Gasteiger partial charge in [-0.25, -0.2) is 9.78 Å². The molecule has 0 spiro atoms. The fourth-order valence-corrected chi connectivity index (χ4v) is 1.72. The van der Waals surface area contributed by atoms with Crippen LogP contribution in [0.3, 0.4) is 0 Å². The first kappa shape index (κ1) is 15.3. The average molecular weight is 266 g/mol. The lowest BCUT2D eigenvalue weighted by Crippen LogP contribution is -2.12. The van der Waals surface area contributed by atoms with E-state index >= 15 is 0 Å². The van der Waals surface area contributed by atoms with Crippen LogP contribution in [0, 0.1) is 5.92 Å². The molecule has 1 heterocycles. The van der Waals surface area contributed by atoms with Gasteiger partial charge in [0.2, 0.25) is 5.88 Å². The molecule has 0 aliphatic rings. The summed E-state index contributed by atoms with van der Waals surface area (Å²) < 4.78 is 10.5. The summed E-state index contributed by atoms with van der Waals surface area (Å²) in [5, 5.41) is 0. The van der Waals surface area contributed by atoms with E-state index in [0.29, 0.717) is 36.3 Å². The number of carbonyl (C=O) groups excluding carboxylic acids is 1. The highest BCUT2D eigenvalue weighted by Gasteiger charge is 2.13. The van der Waals surface area contributed by atoms with Crippen LogP contribution in [0.1, 0.15) is 44.0 Å². The number of carbonyl (C=O) groups is 1. The molecule has 1 aromatic rings. The average Bonchev–Trinajstić information content (AvgIpc) is 2.38. The Morgan fingerprint density at radius 1 is 1.47 bits per heavy atom. The lowest BCUT2D eigenvalue weighted by atomic mass is 10.1. The van der Waals surface area contributed by atoms with Crippen LogP contribution in [0.2, 0.25) is 0 Å². The Balaban J connectivity index is 2.70. The summed E-state index contributed by atoms with van der Waals surface area (Å²) in [5.41, 5.74) is 6.30. The first-order valence-electron chi connectivity index (χ1n) is 6.63. The van der Waals surface area contributed by atoms with Crippen LogP contribution in [0.25, 0.3) is 0 Å².